The number of hydrogen-bond acceptors (Lipinski definition) is 20. The number of ether oxygens (including phenoxy) is 2. The van der Waals surface area contributed by atoms with Crippen LogP contribution >= 0.6 is 35.7 Å². The van der Waals surface area contributed by atoms with Gasteiger partial charge in [-0.25, -0.2) is 23.4 Å². The Kier molecular flexibility index (Phi) is 12.0. The Balaban J connectivity index is 1.76. The van der Waals surface area contributed by atoms with Crippen molar-refractivity contribution in [1.82, 2.24) is 30.2 Å². The number of alkyl carbamates (subject to hydrolysis) is 1. The molecule has 10 N–H and O–H groups in total. The van der Waals surface area contributed by atoms with Gasteiger partial charge in [-0.2, -0.15) is 0 Å². The summed E-state index contributed by atoms with van der Waals surface area (Å²) in [5.74, 6) is -0.877. The highest BCUT2D eigenvalue weighted by Crippen LogP contribution is 2.61. The Morgan fingerprint density at radius 3 is 2.49 bits per heavy atom. The van der Waals surface area contributed by atoms with Gasteiger partial charge in [-0.05, 0) is 6.92 Å². The number of nitrogens with zero attached hydrogens (tertiary/aromatic N) is 3. The molecule has 1 saturated heterocycles. The largest absolute Gasteiger partial charge is 0.756 e. The number of aromatic amines is 1. The molecule has 0 bridgehead atoms. The molecule has 1 aliphatic heterocycles. The highest BCUT2D eigenvalue weighted by molar-refractivity contribution is 7.71. The van der Waals surface area contributed by atoms with E-state index >= 15 is 0 Å². The van der Waals surface area contributed by atoms with Gasteiger partial charge in [0.05, 0.1) is 19.0 Å². The van der Waals surface area contributed by atoms with E-state index in [-0.39, 0.29) is 34.8 Å². The van der Waals surface area contributed by atoms with Gasteiger partial charge in [0.15, 0.2) is 22.9 Å². The van der Waals surface area contributed by atoms with E-state index in [1.165, 1.54) is 6.92 Å². The maximum Gasteiger partial charge on any atom is 0.407 e. The fraction of sp³-hybridized carbons (Fsp3) is 0.588. The van der Waals surface area contributed by atoms with Crippen LogP contribution < -0.4 is 36.8 Å². The van der Waals surface area contributed by atoms with E-state index in [2.05, 4.69) is 38.7 Å². The number of nitrogens with two attached hydrogens (primary N) is 2. The number of imidazole rings is 1. The molecule has 0 saturated carbocycles. The number of nitrogen functional groups attached to an aromatic ring is 1. The van der Waals surface area contributed by atoms with Crippen LogP contribution in [-0.4, -0.2) is 96.8 Å². The van der Waals surface area contributed by atoms with Crippen molar-refractivity contribution in [2.24, 2.45) is 5.73 Å². The molecule has 24 nitrogen and oxygen atoms in total. The third-order valence-corrected chi connectivity index (χ3v) is 9.59. The summed E-state index contributed by atoms with van der Waals surface area (Å²) >= 11 is 5.11. The normalized spacial score (nSPS) is 25.4. The number of carbonyl (C=O) groups excluding carboxylic acids is 2. The van der Waals surface area contributed by atoms with Crippen molar-refractivity contribution in [3.05, 3.63) is 11.0 Å². The smallest absolute Gasteiger partial charge is 0.407 e. The fourth-order valence-electron chi connectivity index (χ4n) is 3.66. The molecule has 9 atom stereocenters. The second kappa shape index (κ2) is 14.5. The van der Waals surface area contributed by atoms with Crippen molar-refractivity contribution in [2.75, 3.05) is 25.4 Å². The zero-order valence-corrected chi connectivity index (χ0v) is 26.1. The van der Waals surface area contributed by atoms with E-state index in [1.807, 2.05) is 0 Å². The first-order valence-corrected chi connectivity index (χ1v) is 17.0. The van der Waals surface area contributed by atoms with Gasteiger partial charge in [-0.1, -0.05) is 12.2 Å². The topological polar surface area (TPSA) is 384 Å². The van der Waals surface area contributed by atoms with E-state index < -0.39 is 78.8 Å². The Hall–Kier alpha value is -2.44. The van der Waals surface area contributed by atoms with Gasteiger partial charge in [-0.15, -0.1) is 0 Å². The lowest BCUT2D eigenvalue weighted by atomic mass is 10.1. The number of fused-ring (bicyclic) bond motifs is 1. The predicted octanol–water partition coefficient (Wildman–Crippen LogP) is -4.30. The minimum Gasteiger partial charge on any atom is -0.756 e. The van der Waals surface area contributed by atoms with Crippen molar-refractivity contribution >= 4 is 64.8 Å². The van der Waals surface area contributed by atoms with E-state index in [0.717, 1.165) is 10.9 Å². The van der Waals surface area contributed by atoms with Crippen LogP contribution in [-0.2, 0) is 41.1 Å². The molecule has 45 heavy (non-hydrogen) atoms. The second-order valence-corrected chi connectivity index (χ2v) is 13.7. The van der Waals surface area contributed by atoms with Crippen molar-refractivity contribution in [3.8, 4) is 0 Å². The number of hydrogen-bond donors (Lipinski definition) is 8. The van der Waals surface area contributed by atoms with Crippen molar-refractivity contribution in [1.29, 1.82) is 0 Å². The molecular weight excluding hydrogens is 697 g/mol. The molecule has 2 aromatic rings. The van der Waals surface area contributed by atoms with E-state index in [9.17, 15) is 48.2 Å². The molecule has 0 aromatic carbocycles. The first-order valence-electron chi connectivity index (χ1n) is 12.1. The molecule has 2 aromatic heterocycles. The highest BCUT2D eigenvalue weighted by Gasteiger charge is 2.48. The average Bonchev–Trinajstić information content (AvgIpc) is 3.43. The van der Waals surface area contributed by atoms with Gasteiger partial charge in [0.1, 0.15) is 29.4 Å². The lowest BCUT2D eigenvalue weighted by molar-refractivity contribution is -0.250. The number of amides is 2. The molecule has 0 spiro atoms. The first-order chi connectivity index (χ1) is 20.7. The molecule has 28 heteroatoms. The van der Waals surface area contributed by atoms with Crippen LogP contribution in [0.4, 0.5) is 10.7 Å². The number of phosphoric ester groups is 1. The Morgan fingerprint density at radius 1 is 1.22 bits per heavy atom. The maximum atomic E-state index is 12.6. The first kappa shape index (κ1) is 37.0. The average molecular weight is 723 g/mol. The summed E-state index contributed by atoms with van der Waals surface area (Å²) in [6.45, 7) is -0.276. The molecule has 1 fully saturated rings. The summed E-state index contributed by atoms with van der Waals surface area (Å²) in [6.07, 6.45) is -7.99. The summed E-state index contributed by atoms with van der Waals surface area (Å²) in [5.41, 5.74) is 11.4. The summed E-state index contributed by atoms with van der Waals surface area (Å²) in [4.78, 5) is 77.5. The number of nitrogens with one attached hydrogen (secondary N) is 3. The molecule has 1 aliphatic rings. The zero-order valence-electron chi connectivity index (χ0n) is 22.6. The molecule has 0 radical (unpaired) electrons. The minimum atomic E-state index is -6.21. The molecular formula is C17H26N8O16P3S-3. The highest BCUT2D eigenvalue weighted by atomic mass is 32.1. The van der Waals surface area contributed by atoms with Gasteiger partial charge in [0, 0.05) is 13.1 Å². The van der Waals surface area contributed by atoms with E-state index in [4.69, 9.17) is 38.1 Å². The molecule has 0 aliphatic carbocycles. The molecule has 6 unspecified atom stereocenters. The van der Waals surface area contributed by atoms with Crippen LogP contribution in [0.25, 0.3) is 11.2 Å². The number of rotatable bonds is 14. The zero-order chi connectivity index (χ0) is 33.9. The van der Waals surface area contributed by atoms with Crippen molar-refractivity contribution in [3.63, 3.8) is 0 Å². The Bertz CT molecular complexity index is 1600. The predicted molar refractivity (Wildman–Crippen MR) is 141 cm³/mol. The van der Waals surface area contributed by atoms with Crippen LogP contribution in [0.5, 0.6) is 0 Å². The van der Waals surface area contributed by atoms with Gasteiger partial charge < -0.3 is 70.9 Å². The fourth-order valence-corrected chi connectivity index (χ4v) is 6.80. The molecule has 3 rings (SSSR count). The van der Waals surface area contributed by atoms with Gasteiger partial charge in [0.2, 0.25) is 5.91 Å². The Labute approximate surface area is 256 Å². The standard InChI is InChI=1S/C17H29N8O16P3S/c1-6(26)8(18)13(28)20-2-3-21-17(29)39-11-10(27)7(4-37-43(33,34)41-44(35,36)40-42(30,31)32)38-15(11)25-5-22-9-12(25)23-16(19)24-14(9)45/h5-8,10-11,15,26-27H,2-4,18H2,1H3,(H,20,28)(H,21,29)(H,33,34)(H,35,36)(H2,30,31,32)(H3,19,23,24,45)/p-3/t6?,7-,8?,10?,11+,15-/m1/s1. The number of anilines is 1. The Morgan fingerprint density at radius 2 is 1.87 bits per heavy atom. The van der Waals surface area contributed by atoms with Crippen LogP contribution in [0.15, 0.2) is 6.33 Å². The number of aromatic nitrogens is 4. The third-order valence-electron chi connectivity index (χ3n) is 5.61. The molecule has 2 amide bonds. The molecule has 254 valence electrons. The third kappa shape index (κ3) is 10.3. The van der Waals surface area contributed by atoms with Crippen molar-refractivity contribution < 1.29 is 75.7 Å². The SMILES string of the molecule is CC(O)C(N)C(=O)NCCNC(=O)O[C@H]1C(O)[C@@H](COP(=O)([O-])OP(=O)([O-])OP(=O)([O-])O)O[C@H]1n1cnc2c(=S)nc(N)[nH]c21. The van der Waals surface area contributed by atoms with Crippen LogP contribution in [0.2, 0.25) is 0 Å². The minimum absolute atomic E-state index is 0.0507. The van der Waals surface area contributed by atoms with E-state index in [0.29, 0.717) is 0 Å². The second-order valence-electron chi connectivity index (χ2n) is 9.01. The van der Waals surface area contributed by atoms with Gasteiger partial charge >= 0.3 is 6.09 Å². The van der Waals surface area contributed by atoms with Crippen molar-refractivity contribution in [2.45, 2.75) is 43.6 Å². The maximum absolute atomic E-state index is 12.6. The number of aliphatic hydroxyl groups excluding tert-OH is 2. The lowest BCUT2D eigenvalue weighted by Gasteiger charge is -2.33. The van der Waals surface area contributed by atoms with Gasteiger partial charge in [-0.3, -0.25) is 23.1 Å². The summed E-state index contributed by atoms with van der Waals surface area (Å²) in [5, 5.41) is 24.9. The number of carbonyl (C=O) groups is 2. The number of H-pyrrole nitrogens is 1. The summed E-state index contributed by atoms with van der Waals surface area (Å²) in [6, 6.07) is -1.23. The quantitative estimate of drug-likeness (QED) is 0.0519. The number of phosphoric acid groups is 3. The van der Waals surface area contributed by atoms with Crippen LogP contribution in [0.1, 0.15) is 13.2 Å². The van der Waals surface area contributed by atoms with Crippen LogP contribution in [0, 0.1) is 4.64 Å². The summed E-state index contributed by atoms with van der Waals surface area (Å²) < 4.78 is 57.2. The monoisotopic (exact) mass is 723 g/mol. The summed E-state index contributed by atoms with van der Waals surface area (Å²) in [7, 11) is -18.1. The van der Waals surface area contributed by atoms with Crippen LogP contribution in [0.3, 0.4) is 0 Å². The van der Waals surface area contributed by atoms with Gasteiger partial charge in [0.25, 0.3) is 23.5 Å². The number of aliphatic hydroxyl groups is 2. The van der Waals surface area contributed by atoms with E-state index in [1.54, 1.807) is 0 Å². The lowest BCUT2D eigenvalue weighted by Crippen LogP contribution is -2.49. The molecule has 3 heterocycles.